The second-order valence-corrected chi connectivity index (χ2v) is 6.88. The molecule has 0 saturated carbocycles. The third-order valence-electron chi connectivity index (χ3n) is 4.70. The van der Waals surface area contributed by atoms with Crippen molar-refractivity contribution in [3.8, 4) is 0 Å². The van der Waals surface area contributed by atoms with Gasteiger partial charge < -0.3 is 10.6 Å². The lowest BCUT2D eigenvalue weighted by Gasteiger charge is -2.14. The largest absolute Gasteiger partial charge is 0.350 e. The zero-order chi connectivity index (χ0) is 19.9. The molecule has 0 spiro atoms. The lowest BCUT2D eigenvalue weighted by atomic mass is 10.1. The first-order valence-corrected chi connectivity index (χ1v) is 9.31. The van der Waals surface area contributed by atoms with E-state index >= 15 is 0 Å². The number of hydrogen-bond donors (Lipinski definition) is 2. The molecule has 1 saturated heterocycles. The van der Waals surface area contributed by atoms with Crippen LogP contribution in [-0.2, 0) is 17.9 Å². The summed E-state index contributed by atoms with van der Waals surface area (Å²) in [6.45, 7) is 3.28. The molecule has 5 nitrogen and oxygen atoms in total. The summed E-state index contributed by atoms with van der Waals surface area (Å²) < 4.78 is 26.4. The van der Waals surface area contributed by atoms with E-state index in [9.17, 15) is 18.4 Å². The van der Waals surface area contributed by atoms with Gasteiger partial charge in [0.2, 0.25) is 5.91 Å². The zero-order valence-electron chi connectivity index (χ0n) is 15.5. The Morgan fingerprint density at radius 3 is 2.29 bits per heavy atom. The van der Waals surface area contributed by atoms with Crippen molar-refractivity contribution in [2.75, 3.05) is 19.6 Å². The van der Waals surface area contributed by atoms with E-state index in [2.05, 4.69) is 27.7 Å². The van der Waals surface area contributed by atoms with Crippen LogP contribution in [0.4, 0.5) is 8.78 Å². The summed E-state index contributed by atoms with van der Waals surface area (Å²) in [7, 11) is 0. The van der Waals surface area contributed by atoms with Gasteiger partial charge in [-0.1, -0.05) is 24.3 Å². The van der Waals surface area contributed by atoms with E-state index in [1.807, 2.05) is 12.1 Å². The summed E-state index contributed by atoms with van der Waals surface area (Å²) in [4.78, 5) is 26.2. The predicted molar refractivity (Wildman–Crippen MR) is 101 cm³/mol. The molecule has 0 aliphatic carbocycles. The third-order valence-corrected chi connectivity index (χ3v) is 4.70. The quantitative estimate of drug-likeness (QED) is 0.768. The Kier molecular flexibility index (Phi) is 6.71. The first-order valence-electron chi connectivity index (χ1n) is 9.31. The van der Waals surface area contributed by atoms with E-state index in [4.69, 9.17) is 0 Å². The van der Waals surface area contributed by atoms with E-state index in [0.29, 0.717) is 12.6 Å². The summed E-state index contributed by atoms with van der Waals surface area (Å²) in [5.41, 5.74) is 1.89. The van der Waals surface area contributed by atoms with E-state index in [1.54, 1.807) is 0 Å². The van der Waals surface area contributed by atoms with Gasteiger partial charge in [0.05, 0.1) is 12.1 Å². The Hall–Kier alpha value is -2.80. The highest BCUT2D eigenvalue weighted by Gasteiger charge is 2.14. The highest BCUT2D eigenvalue weighted by molar-refractivity contribution is 5.96. The molecule has 0 bridgehead atoms. The maximum Gasteiger partial charge on any atom is 0.254 e. The number of rotatable bonds is 7. The summed E-state index contributed by atoms with van der Waals surface area (Å²) in [5, 5.41) is 5.03. The van der Waals surface area contributed by atoms with Crippen molar-refractivity contribution in [1.29, 1.82) is 0 Å². The lowest BCUT2D eigenvalue weighted by Crippen LogP contribution is -2.36. The molecule has 1 fully saturated rings. The molecule has 0 aromatic heterocycles. The lowest BCUT2D eigenvalue weighted by molar-refractivity contribution is -0.120. The molecule has 0 atom stereocenters. The first kappa shape index (κ1) is 19.9. The van der Waals surface area contributed by atoms with Crippen molar-refractivity contribution in [1.82, 2.24) is 15.5 Å². The van der Waals surface area contributed by atoms with Crippen LogP contribution in [0.1, 0.15) is 34.3 Å². The van der Waals surface area contributed by atoms with Crippen molar-refractivity contribution in [3.05, 3.63) is 70.8 Å². The molecule has 0 unspecified atom stereocenters. The molecule has 7 heteroatoms. The number of likely N-dealkylation sites (tertiary alicyclic amines) is 1. The number of carbonyl (C=O) groups excluding carboxylic acids is 2. The van der Waals surface area contributed by atoms with Gasteiger partial charge in [0.1, 0.15) is 11.6 Å². The van der Waals surface area contributed by atoms with E-state index in [-0.39, 0.29) is 12.1 Å². The molecule has 1 aliphatic heterocycles. The molecular weight excluding hydrogens is 364 g/mol. The van der Waals surface area contributed by atoms with Crippen LogP contribution in [0, 0.1) is 11.6 Å². The van der Waals surface area contributed by atoms with Crippen LogP contribution in [-0.4, -0.2) is 36.3 Å². The summed E-state index contributed by atoms with van der Waals surface area (Å²) in [6.07, 6.45) is 2.52. The van der Waals surface area contributed by atoms with Crippen LogP contribution in [0.3, 0.4) is 0 Å². The van der Waals surface area contributed by atoms with Gasteiger partial charge in [0, 0.05) is 19.2 Å². The molecule has 3 rings (SSSR count). The Balaban J connectivity index is 1.41. The Labute approximate surface area is 162 Å². The Bertz CT molecular complexity index is 834. The number of nitrogens with zero attached hydrogens (tertiary/aromatic N) is 1. The fraction of sp³-hybridized carbons (Fsp3) is 0.333. The van der Waals surface area contributed by atoms with Gasteiger partial charge >= 0.3 is 0 Å². The van der Waals surface area contributed by atoms with Crippen molar-refractivity contribution in [3.63, 3.8) is 0 Å². The molecule has 2 aromatic rings. The fourth-order valence-corrected chi connectivity index (χ4v) is 3.15. The van der Waals surface area contributed by atoms with Crippen LogP contribution in [0.25, 0.3) is 0 Å². The molecule has 2 N–H and O–H groups in total. The monoisotopic (exact) mass is 387 g/mol. The summed E-state index contributed by atoms with van der Waals surface area (Å²) in [6, 6.07) is 10.7. The van der Waals surface area contributed by atoms with E-state index in [1.165, 1.54) is 18.4 Å². The van der Waals surface area contributed by atoms with Crippen LogP contribution in [0.2, 0.25) is 0 Å². The molecular formula is C21H23F2N3O2. The minimum Gasteiger partial charge on any atom is -0.350 e. The summed E-state index contributed by atoms with van der Waals surface area (Å²) >= 11 is 0. The molecule has 1 aliphatic rings. The first-order chi connectivity index (χ1) is 13.5. The summed E-state index contributed by atoms with van der Waals surface area (Å²) in [5.74, 6) is -2.89. The van der Waals surface area contributed by atoms with Crippen LogP contribution in [0.5, 0.6) is 0 Å². The van der Waals surface area contributed by atoms with Crippen molar-refractivity contribution < 1.29 is 18.4 Å². The number of amides is 2. The predicted octanol–water partition coefficient (Wildman–Crippen LogP) is 2.61. The fourth-order valence-electron chi connectivity index (χ4n) is 3.15. The molecule has 148 valence electrons. The Morgan fingerprint density at radius 2 is 1.61 bits per heavy atom. The maximum absolute atomic E-state index is 13.6. The van der Waals surface area contributed by atoms with Gasteiger partial charge in [-0.05, 0) is 49.2 Å². The van der Waals surface area contributed by atoms with Gasteiger partial charge in [-0.25, -0.2) is 8.78 Å². The van der Waals surface area contributed by atoms with Crippen LogP contribution < -0.4 is 10.6 Å². The molecule has 2 aromatic carbocycles. The number of halogens is 2. The number of carbonyl (C=O) groups is 2. The zero-order valence-corrected chi connectivity index (χ0v) is 15.5. The van der Waals surface area contributed by atoms with Crippen LogP contribution >= 0.6 is 0 Å². The van der Waals surface area contributed by atoms with Crippen molar-refractivity contribution in [2.24, 2.45) is 0 Å². The SMILES string of the molecule is O=C(CNC(=O)c1ccc(F)cc1F)NCc1ccc(CN2CCCC2)cc1. The number of benzene rings is 2. The van der Waals surface area contributed by atoms with Gasteiger partial charge in [0.15, 0.2) is 0 Å². The van der Waals surface area contributed by atoms with Crippen LogP contribution in [0.15, 0.2) is 42.5 Å². The smallest absolute Gasteiger partial charge is 0.254 e. The minimum atomic E-state index is -0.966. The van der Waals surface area contributed by atoms with Gasteiger partial charge in [0.25, 0.3) is 5.91 Å². The van der Waals surface area contributed by atoms with Gasteiger partial charge in [-0.3, -0.25) is 14.5 Å². The second kappa shape index (κ2) is 9.41. The molecule has 1 heterocycles. The molecule has 0 radical (unpaired) electrons. The van der Waals surface area contributed by atoms with E-state index < -0.39 is 23.4 Å². The Morgan fingerprint density at radius 1 is 0.929 bits per heavy atom. The second-order valence-electron chi connectivity index (χ2n) is 6.88. The van der Waals surface area contributed by atoms with Gasteiger partial charge in [-0.15, -0.1) is 0 Å². The van der Waals surface area contributed by atoms with Crippen molar-refractivity contribution >= 4 is 11.8 Å². The molecule has 28 heavy (non-hydrogen) atoms. The highest BCUT2D eigenvalue weighted by Crippen LogP contribution is 2.13. The number of hydrogen-bond acceptors (Lipinski definition) is 3. The highest BCUT2D eigenvalue weighted by atomic mass is 19.1. The average molecular weight is 387 g/mol. The van der Waals surface area contributed by atoms with E-state index in [0.717, 1.165) is 37.3 Å². The number of nitrogens with one attached hydrogen (secondary N) is 2. The average Bonchev–Trinajstić information content (AvgIpc) is 3.18. The molecule has 2 amide bonds. The van der Waals surface area contributed by atoms with Gasteiger partial charge in [-0.2, -0.15) is 0 Å². The van der Waals surface area contributed by atoms with Crippen molar-refractivity contribution in [2.45, 2.75) is 25.9 Å². The topological polar surface area (TPSA) is 61.4 Å². The standard InChI is InChI=1S/C21H23F2N3O2/c22-17-7-8-18(19(23)11-17)21(28)25-13-20(27)24-12-15-3-5-16(6-4-15)14-26-9-1-2-10-26/h3-8,11H,1-2,9-10,12-14H2,(H,24,27)(H,25,28). The minimum absolute atomic E-state index is 0.289. The third kappa shape index (κ3) is 5.60. The maximum atomic E-state index is 13.6. The normalized spacial score (nSPS) is 14.1.